The topological polar surface area (TPSA) is 82.6 Å². The number of halogens is 2. The molecule has 0 unspecified atom stereocenters. The van der Waals surface area contributed by atoms with Gasteiger partial charge in [-0.05, 0) is 36.6 Å². The first-order valence-corrected chi connectivity index (χ1v) is 10.3. The lowest BCUT2D eigenvalue weighted by atomic mass is 10.1. The van der Waals surface area contributed by atoms with E-state index in [1.165, 1.54) is 23.8 Å². The Labute approximate surface area is 183 Å². The van der Waals surface area contributed by atoms with E-state index in [9.17, 15) is 12.8 Å². The summed E-state index contributed by atoms with van der Waals surface area (Å²) in [4.78, 5) is 4.07. The van der Waals surface area contributed by atoms with Gasteiger partial charge >= 0.3 is 0 Å². The van der Waals surface area contributed by atoms with Crippen LogP contribution < -0.4 is 15.4 Å². The van der Waals surface area contributed by atoms with Gasteiger partial charge in [-0.1, -0.05) is 36.4 Å². The Morgan fingerprint density at radius 1 is 1.07 bits per heavy atom. The second-order valence-electron chi connectivity index (χ2n) is 6.05. The summed E-state index contributed by atoms with van der Waals surface area (Å²) >= 11 is 0. The van der Waals surface area contributed by atoms with E-state index in [4.69, 9.17) is 0 Å². The van der Waals surface area contributed by atoms with Gasteiger partial charge in [0.25, 0.3) is 0 Å². The molecular weight excluding hydrogens is 494 g/mol. The molecule has 154 valence electrons. The van der Waals surface area contributed by atoms with Crippen LogP contribution in [0.5, 0.6) is 0 Å². The molecule has 0 saturated heterocycles. The number of benzene rings is 2. The first-order valence-electron chi connectivity index (χ1n) is 8.65. The lowest BCUT2D eigenvalue weighted by Crippen LogP contribution is -2.40. The maximum Gasteiger partial charge on any atom is 0.234 e. The molecule has 28 heavy (non-hydrogen) atoms. The minimum absolute atomic E-state index is 0. The summed E-state index contributed by atoms with van der Waals surface area (Å²) in [5, 5.41) is 6.11. The molecule has 2 aromatic carbocycles. The smallest absolute Gasteiger partial charge is 0.234 e. The molecule has 0 heterocycles. The third-order valence-electron chi connectivity index (χ3n) is 3.88. The van der Waals surface area contributed by atoms with Crippen LogP contribution in [-0.2, 0) is 16.4 Å². The Balaban J connectivity index is 0.00000392. The highest BCUT2D eigenvalue weighted by Crippen LogP contribution is 2.14. The van der Waals surface area contributed by atoms with Gasteiger partial charge < -0.3 is 10.6 Å². The van der Waals surface area contributed by atoms with E-state index in [0.29, 0.717) is 18.1 Å². The van der Waals surface area contributed by atoms with Crippen LogP contribution in [0, 0.1) is 12.7 Å². The molecule has 0 spiro atoms. The predicted octanol–water partition coefficient (Wildman–Crippen LogP) is 2.90. The monoisotopic (exact) mass is 520 g/mol. The number of nitrogens with zero attached hydrogens (tertiary/aromatic N) is 1. The van der Waals surface area contributed by atoms with Crippen LogP contribution in [-0.4, -0.2) is 40.3 Å². The minimum atomic E-state index is -3.59. The zero-order valence-electron chi connectivity index (χ0n) is 15.9. The lowest BCUT2D eigenvalue weighted by molar-refractivity contribution is 0.599. The van der Waals surface area contributed by atoms with Crippen LogP contribution >= 0.6 is 24.0 Å². The number of anilines is 1. The Hall–Kier alpha value is -1.88. The molecular formula is C19H26FIN4O2S. The molecule has 0 bridgehead atoms. The molecule has 0 atom stereocenters. The van der Waals surface area contributed by atoms with Crippen molar-refractivity contribution in [2.24, 2.45) is 4.99 Å². The number of sulfonamides is 1. The minimum Gasteiger partial charge on any atom is -0.356 e. The number of aryl methyl sites for hydroxylation is 1. The average molecular weight is 520 g/mol. The molecule has 0 radical (unpaired) electrons. The predicted molar refractivity (Wildman–Crippen MR) is 123 cm³/mol. The number of aliphatic imine (C=N–C) groups is 1. The van der Waals surface area contributed by atoms with Gasteiger partial charge in [-0.25, -0.2) is 12.8 Å². The van der Waals surface area contributed by atoms with Crippen LogP contribution in [0.4, 0.5) is 10.1 Å². The molecule has 0 aliphatic carbocycles. The molecule has 0 aliphatic rings. The van der Waals surface area contributed by atoms with Crippen molar-refractivity contribution in [2.45, 2.75) is 13.3 Å². The van der Waals surface area contributed by atoms with Gasteiger partial charge in [0.05, 0.1) is 11.4 Å². The van der Waals surface area contributed by atoms with Crippen molar-refractivity contribution in [1.29, 1.82) is 0 Å². The van der Waals surface area contributed by atoms with Crippen LogP contribution in [0.2, 0.25) is 0 Å². The number of rotatable bonds is 8. The van der Waals surface area contributed by atoms with Crippen molar-refractivity contribution >= 4 is 45.6 Å². The summed E-state index contributed by atoms with van der Waals surface area (Å²) in [6.07, 6.45) is 0.834. The third kappa shape index (κ3) is 8.42. The fraction of sp³-hybridized carbons (Fsp3) is 0.316. The maximum absolute atomic E-state index is 13.5. The van der Waals surface area contributed by atoms with Gasteiger partial charge in [-0.3, -0.25) is 9.71 Å². The van der Waals surface area contributed by atoms with Crippen molar-refractivity contribution in [3.8, 4) is 0 Å². The zero-order valence-corrected chi connectivity index (χ0v) is 19.1. The number of hydrogen-bond acceptors (Lipinski definition) is 3. The highest BCUT2D eigenvalue weighted by atomic mass is 127. The molecule has 2 rings (SSSR count). The Morgan fingerprint density at radius 3 is 2.39 bits per heavy atom. The highest BCUT2D eigenvalue weighted by Gasteiger charge is 2.11. The Morgan fingerprint density at radius 2 is 1.75 bits per heavy atom. The Bertz CT molecular complexity index is 877. The van der Waals surface area contributed by atoms with E-state index >= 15 is 0 Å². The Kier molecular flexibility index (Phi) is 10.2. The molecule has 0 aliphatic heterocycles. The van der Waals surface area contributed by atoms with Gasteiger partial charge in [0.1, 0.15) is 5.82 Å². The molecule has 0 saturated carbocycles. The normalized spacial score (nSPS) is 11.5. The standard InChI is InChI=1S/C19H25FN4O2S.HI/c1-15-8-9-17(14-18(15)20)24-27(25,26)13-12-23-19(21-2)22-11-10-16-6-4-3-5-7-16;/h3-9,14,24H,10-13H2,1-2H3,(H2,21,22,23);1H. The summed E-state index contributed by atoms with van der Waals surface area (Å²) in [5.74, 6) is -0.0825. The van der Waals surface area contributed by atoms with E-state index in [-0.39, 0.29) is 42.0 Å². The van der Waals surface area contributed by atoms with Crippen LogP contribution in [0.3, 0.4) is 0 Å². The summed E-state index contributed by atoms with van der Waals surface area (Å²) in [7, 11) is -1.97. The van der Waals surface area contributed by atoms with Crippen LogP contribution in [0.15, 0.2) is 53.5 Å². The second kappa shape index (κ2) is 11.8. The van der Waals surface area contributed by atoms with Gasteiger partial charge in [0, 0.05) is 20.1 Å². The van der Waals surface area contributed by atoms with Crippen molar-refractivity contribution in [1.82, 2.24) is 10.6 Å². The summed E-state index contributed by atoms with van der Waals surface area (Å²) in [5.41, 5.74) is 1.88. The van der Waals surface area contributed by atoms with E-state index in [0.717, 1.165) is 6.42 Å². The third-order valence-corrected chi connectivity index (χ3v) is 5.17. The lowest BCUT2D eigenvalue weighted by Gasteiger charge is -2.13. The van der Waals surface area contributed by atoms with Crippen molar-refractivity contribution in [3.05, 3.63) is 65.5 Å². The van der Waals surface area contributed by atoms with E-state index in [1.54, 1.807) is 14.0 Å². The number of hydrogen-bond donors (Lipinski definition) is 3. The first-order chi connectivity index (χ1) is 12.9. The highest BCUT2D eigenvalue weighted by molar-refractivity contribution is 14.0. The van der Waals surface area contributed by atoms with E-state index < -0.39 is 15.8 Å². The first kappa shape index (κ1) is 24.2. The summed E-state index contributed by atoms with van der Waals surface area (Å²) in [6.45, 7) is 2.47. The van der Waals surface area contributed by atoms with Gasteiger partial charge in [0.2, 0.25) is 10.0 Å². The average Bonchev–Trinajstić information content (AvgIpc) is 2.64. The molecule has 0 aromatic heterocycles. The fourth-order valence-electron chi connectivity index (χ4n) is 2.38. The maximum atomic E-state index is 13.5. The summed E-state index contributed by atoms with van der Waals surface area (Å²) in [6, 6.07) is 14.3. The number of guanidine groups is 1. The van der Waals surface area contributed by atoms with Crippen LogP contribution in [0.25, 0.3) is 0 Å². The van der Waals surface area contributed by atoms with Crippen molar-refractivity contribution in [3.63, 3.8) is 0 Å². The zero-order chi connectivity index (χ0) is 19.7. The van der Waals surface area contributed by atoms with E-state index in [1.807, 2.05) is 30.3 Å². The second-order valence-corrected chi connectivity index (χ2v) is 7.89. The molecule has 3 N–H and O–H groups in total. The quantitative estimate of drug-likeness (QED) is 0.284. The largest absolute Gasteiger partial charge is 0.356 e. The molecule has 6 nitrogen and oxygen atoms in total. The molecule has 0 fully saturated rings. The SMILES string of the molecule is CN=C(NCCc1ccccc1)NCCS(=O)(=O)Nc1ccc(C)c(F)c1.I. The molecule has 9 heteroatoms. The van der Waals surface area contributed by atoms with E-state index in [2.05, 4.69) is 20.3 Å². The van der Waals surface area contributed by atoms with Crippen molar-refractivity contribution < 1.29 is 12.8 Å². The number of nitrogens with one attached hydrogen (secondary N) is 3. The molecule has 0 amide bonds. The van der Waals surface area contributed by atoms with Gasteiger partial charge in [-0.15, -0.1) is 24.0 Å². The fourth-order valence-corrected chi connectivity index (χ4v) is 3.34. The van der Waals surface area contributed by atoms with Gasteiger partial charge in [0.15, 0.2) is 5.96 Å². The summed E-state index contributed by atoms with van der Waals surface area (Å²) < 4.78 is 40.2. The van der Waals surface area contributed by atoms with Crippen LogP contribution in [0.1, 0.15) is 11.1 Å². The molecule has 2 aromatic rings. The van der Waals surface area contributed by atoms with Crippen molar-refractivity contribution in [2.75, 3.05) is 30.6 Å². The van der Waals surface area contributed by atoms with Gasteiger partial charge in [-0.2, -0.15) is 0 Å².